The van der Waals surface area contributed by atoms with Gasteiger partial charge in [-0.1, -0.05) is 184 Å². The molecule has 1 amide bonds. The molecule has 0 radical (unpaired) electrons. The van der Waals surface area contributed by atoms with Crippen molar-refractivity contribution in [3.05, 3.63) is 60.8 Å². The number of carbonyl (C=O) groups is 1. The third kappa shape index (κ3) is 32.2. The van der Waals surface area contributed by atoms with Gasteiger partial charge in [0, 0.05) is 6.42 Å². The lowest BCUT2D eigenvalue weighted by Crippen LogP contribution is -2.60. The van der Waals surface area contributed by atoms with E-state index in [9.17, 15) is 30.3 Å². The van der Waals surface area contributed by atoms with Crippen LogP contribution >= 0.6 is 0 Å². The Bertz CT molecular complexity index is 1140. The average Bonchev–Trinajstić information content (AvgIpc) is 3.26. The summed E-state index contributed by atoms with van der Waals surface area (Å²) in [6, 6.07) is -0.829. The second-order valence-corrected chi connectivity index (χ2v) is 17.2. The fourth-order valence-corrected chi connectivity index (χ4v) is 7.51. The van der Waals surface area contributed by atoms with Gasteiger partial charge in [0.2, 0.25) is 5.91 Å². The van der Waals surface area contributed by atoms with E-state index in [-0.39, 0.29) is 12.5 Å². The summed E-state index contributed by atoms with van der Waals surface area (Å²) in [4.78, 5) is 13.0. The van der Waals surface area contributed by atoms with Crippen molar-refractivity contribution in [3.8, 4) is 0 Å². The number of aliphatic hydroxyl groups excluding tert-OH is 5. The number of carbonyl (C=O) groups excluding carboxylic acids is 1. The summed E-state index contributed by atoms with van der Waals surface area (Å²) in [5, 5.41) is 54.2. The first kappa shape index (κ1) is 56.9. The van der Waals surface area contributed by atoms with Crippen molar-refractivity contribution in [1.29, 1.82) is 0 Å². The van der Waals surface area contributed by atoms with Crippen LogP contribution in [0.2, 0.25) is 0 Å². The Kier molecular flexibility index (Phi) is 39.1. The van der Waals surface area contributed by atoms with Gasteiger partial charge in [-0.3, -0.25) is 4.79 Å². The molecule has 1 rings (SSSR count). The molecule has 9 heteroatoms. The fraction of sp³-hybridized carbons (Fsp3) is 0.788. The van der Waals surface area contributed by atoms with Crippen molar-refractivity contribution in [3.63, 3.8) is 0 Å². The van der Waals surface area contributed by atoms with Crippen LogP contribution in [0.15, 0.2) is 60.8 Å². The first-order valence-electron chi connectivity index (χ1n) is 25.0. The molecule has 0 aromatic rings. The van der Waals surface area contributed by atoms with E-state index in [1.807, 2.05) is 6.08 Å². The standard InChI is InChI=1S/C52H93NO8/c1-3-5-7-9-11-13-15-17-18-19-20-21-22-23-24-25-26-27-28-30-32-34-36-38-40-42-48(56)53-45(44-60-52-51(59)50(58)49(57)47(43-54)61-52)46(55)41-39-37-35-33-31-29-16-14-12-10-8-6-4-2/h12,14-15,17,19-20,31,33,39,41,45-47,49-52,54-55,57-59H,3-11,13,16,18,21-30,32,34-38,40,42-44H2,1-2H3,(H,53,56)/b14-12+,17-15-,20-19-,33-31+,41-39+. The maximum Gasteiger partial charge on any atom is 0.220 e. The summed E-state index contributed by atoms with van der Waals surface area (Å²) in [5.74, 6) is -0.194. The second kappa shape index (κ2) is 41.9. The molecule has 6 N–H and O–H groups in total. The maximum absolute atomic E-state index is 13.0. The van der Waals surface area contributed by atoms with Gasteiger partial charge in [0.1, 0.15) is 24.4 Å². The minimum atomic E-state index is -1.58. The third-order valence-electron chi connectivity index (χ3n) is 11.5. The Balaban J connectivity index is 2.27. The van der Waals surface area contributed by atoms with E-state index >= 15 is 0 Å². The van der Waals surface area contributed by atoms with E-state index in [4.69, 9.17) is 9.47 Å². The number of amides is 1. The molecule has 7 atom stereocenters. The van der Waals surface area contributed by atoms with Gasteiger partial charge in [0.25, 0.3) is 0 Å². The average molecular weight is 860 g/mol. The van der Waals surface area contributed by atoms with Crippen LogP contribution in [0, 0.1) is 0 Å². The smallest absolute Gasteiger partial charge is 0.220 e. The van der Waals surface area contributed by atoms with Gasteiger partial charge >= 0.3 is 0 Å². The third-order valence-corrected chi connectivity index (χ3v) is 11.5. The molecule has 0 aromatic carbocycles. The monoisotopic (exact) mass is 860 g/mol. The van der Waals surface area contributed by atoms with E-state index in [2.05, 4.69) is 67.8 Å². The highest BCUT2D eigenvalue weighted by Crippen LogP contribution is 2.22. The minimum Gasteiger partial charge on any atom is -0.394 e. The van der Waals surface area contributed by atoms with Crippen LogP contribution in [-0.4, -0.2) is 87.5 Å². The molecular formula is C52H93NO8. The molecule has 0 bridgehead atoms. The summed E-state index contributed by atoms with van der Waals surface area (Å²) in [6.07, 6.45) is 48.5. The molecule has 9 nitrogen and oxygen atoms in total. The van der Waals surface area contributed by atoms with E-state index in [0.29, 0.717) is 6.42 Å². The van der Waals surface area contributed by atoms with Crippen molar-refractivity contribution in [1.82, 2.24) is 5.32 Å². The first-order valence-corrected chi connectivity index (χ1v) is 25.0. The SMILES string of the molecule is CCCCC/C=C/CC/C=C/CC/C=C/C(O)C(COC1OC(CO)C(O)C(O)C1O)NC(=O)CCCCCCCCCCCCCCC/C=C\C/C=C\CCCCCCC. The topological polar surface area (TPSA) is 149 Å². The first-order chi connectivity index (χ1) is 29.8. The quantitative estimate of drug-likeness (QED) is 0.0263. The molecule has 1 saturated heterocycles. The molecule has 1 aliphatic rings. The predicted molar refractivity (Wildman–Crippen MR) is 253 cm³/mol. The number of allylic oxidation sites excluding steroid dienone is 9. The lowest BCUT2D eigenvalue weighted by Gasteiger charge is -2.40. The fourth-order valence-electron chi connectivity index (χ4n) is 7.51. The summed E-state index contributed by atoms with van der Waals surface area (Å²) in [7, 11) is 0. The zero-order valence-electron chi connectivity index (χ0n) is 38.9. The molecular weight excluding hydrogens is 767 g/mol. The Labute approximate surface area is 373 Å². The number of unbranched alkanes of at least 4 members (excludes halogenated alkanes) is 23. The maximum atomic E-state index is 13.0. The highest BCUT2D eigenvalue weighted by Gasteiger charge is 2.44. The molecule has 1 fully saturated rings. The van der Waals surface area contributed by atoms with Crippen molar-refractivity contribution >= 4 is 5.91 Å². The van der Waals surface area contributed by atoms with E-state index in [0.717, 1.165) is 57.8 Å². The number of nitrogens with one attached hydrogen (secondary N) is 1. The summed E-state index contributed by atoms with van der Waals surface area (Å²) in [6.45, 7) is 3.70. The Morgan fingerprint density at radius 3 is 1.51 bits per heavy atom. The van der Waals surface area contributed by atoms with Gasteiger partial charge in [0.05, 0.1) is 25.4 Å². The summed E-state index contributed by atoms with van der Waals surface area (Å²) in [5.41, 5.74) is 0. The van der Waals surface area contributed by atoms with Crippen molar-refractivity contribution < 1.29 is 39.8 Å². The lowest BCUT2D eigenvalue weighted by molar-refractivity contribution is -0.302. The molecule has 354 valence electrons. The molecule has 7 unspecified atom stereocenters. The number of hydrogen-bond donors (Lipinski definition) is 6. The Morgan fingerprint density at radius 2 is 0.984 bits per heavy atom. The van der Waals surface area contributed by atoms with Gasteiger partial charge in [0.15, 0.2) is 6.29 Å². The molecule has 1 aliphatic heterocycles. The van der Waals surface area contributed by atoms with Gasteiger partial charge in [-0.05, 0) is 77.0 Å². The van der Waals surface area contributed by atoms with Crippen LogP contribution in [0.25, 0.3) is 0 Å². The normalized spacial score (nSPS) is 20.9. The van der Waals surface area contributed by atoms with E-state index in [1.165, 1.54) is 128 Å². The van der Waals surface area contributed by atoms with E-state index < -0.39 is 49.5 Å². The Morgan fingerprint density at radius 1 is 0.557 bits per heavy atom. The second-order valence-electron chi connectivity index (χ2n) is 17.2. The number of ether oxygens (including phenoxy) is 2. The lowest BCUT2D eigenvalue weighted by atomic mass is 9.99. The highest BCUT2D eigenvalue weighted by atomic mass is 16.7. The van der Waals surface area contributed by atoms with Crippen LogP contribution in [0.5, 0.6) is 0 Å². The van der Waals surface area contributed by atoms with Gasteiger partial charge in [-0.2, -0.15) is 0 Å². The molecule has 0 saturated carbocycles. The molecule has 0 spiro atoms. The van der Waals surface area contributed by atoms with E-state index in [1.54, 1.807) is 6.08 Å². The van der Waals surface area contributed by atoms with Crippen molar-refractivity contribution in [2.75, 3.05) is 13.2 Å². The zero-order valence-corrected chi connectivity index (χ0v) is 38.9. The predicted octanol–water partition coefficient (Wildman–Crippen LogP) is 11.2. The molecule has 0 aromatic heterocycles. The number of rotatable bonds is 41. The van der Waals surface area contributed by atoms with Crippen LogP contribution in [0.4, 0.5) is 0 Å². The summed E-state index contributed by atoms with van der Waals surface area (Å²) >= 11 is 0. The largest absolute Gasteiger partial charge is 0.394 e. The van der Waals surface area contributed by atoms with Crippen molar-refractivity contribution in [2.24, 2.45) is 0 Å². The van der Waals surface area contributed by atoms with Gasteiger partial charge < -0.3 is 40.3 Å². The zero-order chi connectivity index (χ0) is 44.4. The Hall–Kier alpha value is -2.11. The van der Waals surface area contributed by atoms with Crippen molar-refractivity contribution in [2.45, 2.75) is 249 Å². The van der Waals surface area contributed by atoms with Crippen LogP contribution in [0.3, 0.4) is 0 Å². The molecule has 1 heterocycles. The number of aliphatic hydroxyl groups is 5. The minimum absolute atomic E-state index is 0.194. The van der Waals surface area contributed by atoms with Gasteiger partial charge in [-0.15, -0.1) is 0 Å². The summed E-state index contributed by atoms with van der Waals surface area (Å²) < 4.78 is 11.2. The van der Waals surface area contributed by atoms with Gasteiger partial charge in [-0.25, -0.2) is 0 Å². The number of hydrogen-bond acceptors (Lipinski definition) is 8. The molecule has 61 heavy (non-hydrogen) atoms. The van der Waals surface area contributed by atoms with Crippen LogP contribution < -0.4 is 5.32 Å². The van der Waals surface area contributed by atoms with Crippen LogP contribution in [0.1, 0.15) is 206 Å². The molecule has 0 aliphatic carbocycles. The van der Waals surface area contributed by atoms with Crippen LogP contribution in [-0.2, 0) is 14.3 Å². The highest BCUT2D eigenvalue weighted by molar-refractivity contribution is 5.76.